The van der Waals surface area contributed by atoms with Crippen molar-refractivity contribution in [1.29, 1.82) is 0 Å². The molecule has 2 N–H and O–H groups in total. The van der Waals surface area contributed by atoms with Gasteiger partial charge in [0, 0.05) is 17.8 Å². The van der Waals surface area contributed by atoms with Crippen molar-refractivity contribution in [1.82, 2.24) is 9.97 Å². The molecule has 0 bridgehead atoms. The summed E-state index contributed by atoms with van der Waals surface area (Å²) in [5.41, 5.74) is 4.15. The molecule has 4 rings (SSSR count). The molecule has 0 atom stereocenters. The average molecular weight is 417 g/mol. The second-order valence-corrected chi connectivity index (χ2v) is 8.73. The van der Waals surface area contributed by atoms with Crippen LogP contribution in [0.5, 0.6) is 5.75 Å². The van der Waals surface area contributed by atoms with E-state index >= 15 is 0 Å². The SMILES string of the molecule is CCOc1ccc(Nc2nc(Nc3ccc(C)cc3)nc3c2C(=O)CC(C)(C)C3)cc1. The number of carbonyl (C=O) groups is 1. The van der Waals surface area contributed by atoms with Crippen LogP contribution in [0, 0.1) is 12.3 Å². The highest BCUT2D eigenvalue weighted by atomic mass is 16.5. The Bertz CT molecular complexity index is 1090. The van der Waals surface area contributed by atoms with Crippen LogP contribution in [0.2, 0.25) is 0 Å². The van der Waals surface area contributed by atoms with E-state index in [1.165, 1.54) is 5.56 Å². The topological polar surface area (TPSA) is 76.1 Å². The number of carbonyl (C=O) groups excluding carboxylic acids is 1. The monoisotopic (exact) mass is 416 g/mol. The van der Waals surface area contributed by atoms with Crippen molar-refractivity contribution in [2.45, 2.75) is 40.5 Å². The third-order valence-electron chi connectivity index (χ3n) is 5.28. The number of nitrogens with one attached hydrogen (secondary N) is 2. The molecule has 0 radical (unpaired) electrons. The van der Waals surface area contributed by atoms with Crippen molar-refractivity contribution in [3.05, 3.63) is 65.4 Å². The molecule has 1 heterocycles. The van der Waals surface area contributed by atoms with Gasteiger partial charge in [-0.3, -0.25) is 4.79 Å². The van der Waals surface area contributed by atoms with Gasteiger partial charge in [0.05, 0.1) is 17.9 Å². The fraction of sp³-hybridized carbons (Fsp3) is 0.320. The van der Waals surface area contributed by atoms with Crippen LogP contribution >= 0.6 is 0 Å². The zero-order valence-electron chi connectivity index (χ0n) is 18.5. The van der Waals surface area contributed by atoms with Crippen molar-refractivity contribution in [2.24, 2.45) is 5.41 Å². The minimum Gasteiger partial charge on any atom is -0.494 e. The average Bonchev–Trinajstić information content (AvgIpc) is 2.70. The molecule has 160 valence electrons. The van der Waals surface area contributed by atoms with Crippen LogP contribution in [-0.2, 0) is 6.42 Å². The van der Waals surface area contributed by atoms with Gasteiger partial charge >= 0.3 is 0 Å². The zero-order chi connectivity index (χ0) is 22.0. The van der Waals surface area contributed by atoms with E-state index in [1.54, 1.807) is 0 Å². The molecule has 6 nitrogen and oxygen atoms in total. The molecule has 0 spiro atoms. The first-order valence-corrected chi connectivity index (χ1v) is 10.6. The van der Waals surface area contributed by atoms with Crippen molar-refractivity contribution in [2.75, 3.05) is 17.2 Å². The predicted octanol–water partition coefficient (Wildman–Crippen LogP) is 5.83. The lowest BCUT2D eigenvalue weighted by atomic mass is 9.75. The molecule has 31 heavy (non-hydrogen) atoms. The number of aromatic nitrogens is 2. The maximum atomic E-state index is 13.0. The van der Waals surface area contributed by atoms with Crippen LogP contribution in [0.15, 0.2) is 48.5 Å². The second-order valence-electron chi connectivity index (χ2n) is 8.73. The zero-order valence-corrected chi connectivity index (χ0v) is 18.5. The van der Waals surface area contributed by atoms with Crippen molar-refractivity contribution < 1.29 is 9.53 Å². The number of ether oxygens (including phenoxy) is 1. The molecule has 0 saturated carbocycles. The van der Waals surface area contributed by atoms with Crippen molar-refractivity contribution >= 4 is 28.9 Å². The van der Waals surface area contributed by atoms with Crippen LogP contribution < -0.4 is 15.4 Å². The number of benzene rings is 2. The number of ketones is 1. The fourth-order valence-electron chi connectivity index (χ4n) is 3.82. The fourth-order valence-corrected chi connectivity index (χ4v) is 3.82. The Morgan fingerprint density at radius 1 is 0.935 bits per heavy atom. The number of rotatable bonds is 6. The summed E-state index contributed by atoms with van der Waals surface area (Å²) < 4.78 is 5.52. The number of hydrogen-bond acceptors (Lipinski definition) is 6. The third-order valence-corrected chi connectivity index (χ3v) is 5.28. The van der Waals surface area contributed by atoms with Gasteiger partial charge in [0.15, 0.2) is 5.78 Å². The van der Waals surface area contributed by atoms with E-state index in [2.05, 4.69) is 29.5 Å². The van der Waals surface area contributed by atoms with Crippen LogP contribution in [0.25, 0.3) is 0 Å². The first kappa shape index (κ1) is 20.8. The molecule has 1 aliphatic carbocycles. The van der Waals surface area contributed by atoms with E-state index in [0.29, 0.717) is 30.4 Å². The number of anilines is 4. The molecule has 0 saturated heterocycles. The van der Waals surface area contributed by atoms with Gasteiger partial charge in [-0.15, -0.1) is 0 Å². The highest BCUT2D eigenvalue weighted by Crippen LogP contribution is 2.38. The molecule has 0 unspecified atom stereocenters. The van der Waals surface area contributed by atoms with Gasteiger partial charge in [-0.05, 0) is 62.1 Å². The van der Waals surface area contributed by atoms with Gasteiger partial charge in [-0.1, -0.05) is 31.5 Å². The van der Waals surface area contributed by atoms with Crippen molar-refractivity contribution in [3.63, 3.8) is 0 Å². The molecule has 0 amide bonds. The van der Waals surface area contributed by atoms with Gasteiger partial charge in [0.25, 0.3) is 0 Å². The lowest BCUT2D eigenvalue weighted by Crippen LogP contribution is -2.29. The van der Waals surface area contributed by atoms with E-state index in [0.717, 1.165) is 29.2 Å². The number of aryl methyl sites for hydroxylation is 1. The number of nitrogens with zero attached hydrogens (tertiary/aromatic N) is 2. The first-order chi connectivity index (χ1) is 14.8. The van der Waals surface area contributed by atoms with E-state index in [1.807, 2.05) is 62.4 Å². The smallest absolute Gasteiger partial charge is 0.229 e. The molecule has 6 heteroatoms. The van der Waals surface area contributed by atoms with E-state index in [9.17, 15) is 4.79 Å². The van der Waals surface area contributed by atoms with Gasteiger partial charge < -0.3 is 15.4 Å². The van der Waals surface area contributed by atoms with Crippen LogP contribution in [-0.4, -0.2) is 22.4 Å². The summed E-state index contributed by atoms with van der Waals surface area (Å²) in [7, 11) is 0. The molecule has 3 aromatic rings. The summed E-state index contributed by atoms with van der Waals surface area (Å²) in [6.45, 7) is 8.82. The van der Waals surface area contributed by atoms with E-state index in [4.69, 9.17) is 9.72 Å². The minimum atomic E-state index is -0.129. The van der Waals surface area contributed by atoms with E-state index in [-0.39, 0.29) is 11.2 Å². The molecule has 1 aromatic heterocycles. The Kier molecular flexibility index (Phi) is 5.63. The lowest BCUT2D eigenvalue weighted by molar-refractivity contribution is 0.0911. The molecule has 0 aliphatic heterocycles. The van der Waals surface area contributed by atoms with Crippen molar-refractivity contribution in [3.8, 4) is 5.75 Å². The minimum absolute atomic E-state index is 0.0709. The molecular formula is C25H28N4O2. The summed E-state index contributed by atoms with van der Waals surface area (Å²) in [5, 5.41) is 6.61. The highest BCUT2D eigenvalue weighted by molar-refractivity contribution is 6.03. The van der Waals surface area contributed by atoms with Gasteiger partial charge in [-0.2, -0.15) is 4.98 Å². The van der Waals surface area contributed by atoms with Crippen LogP contribution in [0.1, 0.15) is 48.8 Å². The van der Waals surface area contributed by atoms with Gasteiger partial charge in [0.2, 0.25) is 5.95 Å². The maximum Gasteiger partial charge on any atom is 0.229 e. The largest absolute Gasteiger partial charge is 0.494 e. The first-order valence-electron chi connectivity index (χ1n) is 10.6. The van der Waals surface area contributed by atoms with Crippen LogP contribution in [0.4, 0.5) is 23.1 Å². The lowest BCUT2D eigenvalue weighted by Gasteiger charge is -2.30. The number of fused-ring (bicyclic) bond motifs is 1. The Morgan fingerprint density at radius 2 is 1.58 bits per heavy atom. The summed E-state index contributed by atoms with van der Waals surface area (Å²) in [4.78, 5) is 22.4. The maximum absolute atomic E-state index is 13.0. The number of hydrogen-bond donors (Lipinski definition) is 2. The summed E-state index contributed by atoms with van der Waals surface area (Å²) in [6, 6.07) is 15.7. The normalized spacial score (nSPS) is 14.6. The Hall–Kier alpha value is -3.41. The quantitative estimate of drug-likeness (QED) is 0.527. The van der Waals surface area contributed by atoms with Crippen LogP contribution in [0.3, 0.4) is 0 Å². The molecular weight excluding hydrogens is 388 g/mol. The predicted molar refractivity (Wildman–Crippen MR) is 124 cm³/mol. The molecule has 1 aliphatic rings. The Labute approximate surface area is 183 Å². The van der Waals surface area contributed by atoms with Gasteiger partial charge in [-0.25, -0.2) is 4.98 Å². The molecule has 2 aromatic carbocycles. The Balaban J connectivity index is 1.71. The third kappa shape index (κ3) is 4.85. The second kappa shape index (κ2) is 8.38. The standard InChI is InChI=1S/C25H28N4O2/c1-5-31-19-12-10-17(11-13-19)26-23-22-20(14-25(3,4)15-21(22)30)28-24(29-23)27-18-8-6-16(2)7-9-18/h6-13H,5,14-15H2,1-4H3,(H2,26,27,28,29). The highest BCUT2D eigenvalue weighted by Gasteiger charge is 2.35. The summed E-state index contributed by atoms with van der Waals surface area (Å²) in [5.74, 6) is 1.88. The summed E-state index contributed by atoms with van der Waals surface area (Å²) >= 11 is 0. The van der Waals surface area contributed by atoms with Gasteiger partial charge in [0.1, 0.15) is 11.6 Å². The molecule has 0 fully saturated rings. The summed E-state index contributed by atoms with van der Waals surface area (Å²) in [6.07, 6.45) is 1.20. The van der Waals surface area contributed by atoms with E-state index < -0.39 is 0 Å². The Morgan fingerprint density at radius 3 is 2.26 bits per heavy atom. The number of Topliss-reactive ketones (excluding diaryl/α,β-unsaturated/α-hetero) is 1.